The Morgan fingerprint density at radius 2 is 1.67 bits per heavy atom. The van der Waals surface area contributed by atoms with Crippen LogP contribution in [0.3, 0.4) is 0 Å². The first kappa shape index (κ1) is 17.5. The maximum absolute atomic E-state index is 12.5. The number of anilines is 1. The van der Waals surface area contributed by atoms with E-state index < -0.39 is 5.97 Å². The summed E-state index contributed by atoms with van der Waals surface area (Å²) in [4.78, 5) is 25.9. The van der Waals surface area contributed by atoms with Gasteiger partial charge in [-0.15, -0.1) is 22.7 Å². The summed E-state index contributed by atoms with van der Waals surface area (Å²) >= 11 is 2.65. The molecule has 0 fully saturated rings. The van der Waals surface area contributed by atoms with Crippen LogP contribution in [-0.2, 0) is 0 Å². The Balaban J connectivity index is 1.55. The first-order chi connectivity index (χ1) is 13.1. The quantitative estimate of drug-likeness (QED) is 0.417. The van der Waals surface area contributed by atoms with E-state index >= 15 is 0 Å². The molecule has 134 valence electrons. The van der Waals surface area contributed by atoms with E-state index in [0.717, 1.165) is 20.5 Å². The predicted molar refractivity (Wildman–Crippen MR) is 111 cm³/mol. The summed E-state index contributed by atoms with van der Waals surface area (Å²) in [5.41, 5.74) is 1.43. The Labute approximate surface area is 163 Å². The Morgan fingerprint density at radius 1 is 0.926 bits per heavy atom. The molecule has 27 heavy (non-hydrogen) atoms. The predicted octanol–water partition coefficient (Wildman–Crippen LogP) is 5.62. The molecule has 0 unspecified atom stereocenters. The van der Waals surface area contributed by atoms with Crippen LogP contribution in [0.15, 0.2) is 66.7 Å². The molecule has 0 amide bonds. The van der Waals surface area contributed by atoms with Gasteiger partial charge < -0.3 is 10.4 Å². The number of Topliss-reactive ketones (excluding diaryl/α,β-unsaturated/α-hetero) is 1. The molecule has 0 radical (unpaired) electrons. The number of thiophene rings is 2. The largest absolute Gasteiger partial charge is 0.477 e. The van der Waals surface area contributed by atoms with Gasteiger partial charge in [0.15, 0.2) is 5.78 Å². The molecule has 4 rings (SSSR count). The molecule has 0 aliphatic rings. The first-order valence-electron chi connectivity index (χ1n) is 8.30. The van der Waals surface area contributed by atoms with Crippen molar-refractivity contribution in [3.05, 3.63) is 76.5 Å². The highest BCUT2D eigenvalue weighted by Crippen LogP contribution is 2.35. The second-order valence-electron chi connectivity index (χ2n) is 5.95. The fraction of sp³-hybridized carbons (Fsp3) is 0.0476. The highest BCUT2D eigenvalue weighted by molar-refractivity contribution is 7.20. The van der Waals surface area contributed by atoms with Crippen LogP contribution < -0.4 is 5.32 Å². The minimum absolute atomic E-state index is 0.0536. The van der Waals surface area contributed by atoms with Gasteiger partial charge in [0.25, 0.3) is 0 Å². The van der Waals surface area contributed by atoms with Crippen LogP contribution in [0.1, 0.15) is 19.3 Å². The van der Waals surface area contributed by atoms with Crippen LogP contribution in [0, 0.1) is 0 Å². The molecule has 2 N–H and O–H groups in total. The summed E-state index contributed by atoms with van der Waals surface area (Å²) < 4.78 is 1.06. The molecule has 0 aliphatic heterocycles. The van der Waals surface area contributed by atoms with Crippen LogP contribution in [0.4, 0.5) is 5.69 Å². The molecule has 2 aromatic carbocycles. The van der Waals surface area contributed by atoms with Gasteiger partial charge in [0, 0.05) is 9.58 Å². The Morgan fingerprint density at radius 3 is 2.41 bits per heavy atom. The lowest BCUT2D eigenvalue weighted by Crippen LogP contribution is -2.13. The lowest BCUT2D eigenvalue weighted by Gasteiger charge is -2.03. The van der Waals surface area contributed by atoms with Crippen molar-refractivity contribution in [2.75, 3.05) is 11.9 Å². The number of fused-ring (bicyclic) bond motifs is 1. The molecular weight excluding hydrogens is 378 g/mol. The molecule has 0 aliphatic carbocycles. The maximum atomic E-state index is 12.5. The van der Waals surface area contributed by atoms with Gasteiger partial charge in [-0.3, -0.25) is 4.79 Å². The Hall–Kier alpha value is -2.96. The second-order valence-corrected chi connectivity index (χ2v) is 8.09. The lowest BCUT2D eigenvalue weighted by molar-refractivity contribution is 0.0702. The normalized spacial score (nSPS) is 10.8. The molecule has 0 saturated heterocycles. The number of carboxylic acid groups (broad SMARTS) is 1. The molecule has 2 heterocycles. The van der Waals surface area contributed by atoms with Crippen molar-refractivity contribution in [1.29, 1.82) is 0 Å². The number of carbonyl (C=O) groups excluding carboxylic acids is 1. The topological polar surface area (TPSA) is 66.4 Å². The highest BCUT2D eigenvalue weighted by atomic mass is 32.1. The van der Waals surface area contributed by atoms with E-state index in [1.807, 2.05) is 60.7 Å². The third-order valence-corrected chi connectivity index (χ3v) is 6.45. The zero-order valence-corrected chi connectivity index (χ0v) is 15.8. The van der Waals surface area contributed by atoms with Gasteiger partial charge in [-0.2, -0.15) is 0 Å². The van der Waals surface area contributed by atoms with Gasteiger partial charge in [-0.25, -0.2) is 4.79 Å². The van der Waals surface area contributed by atoms with Gasteiger partial charge >= 0.3 is 5.97 Å². The zero-order chi connectivity index (χ0) is 18.8. The van der Waals surface area contributed by atoms with Crippen LogP contribution in [0.2, 0.25) is 0 Å². The SMILES string of the molecule is O=C(CNc1cc(-c2ccccc2)sc1C(=O)O)c1cc2ccccc2s1. The van der Waals surface area contributed by atoms with Crippen LogP contribution in [-0.4, -0.2) is 23.4 Å². The monoisotopic (exact) mass is 393 g/mol. The van der Waals surface area contributed by atoms with Crippen LogP contribution in [0.5, 0.6) is 0 Å². The third kappa shape index (κ3) is 3.63. The van der Waals surface area contributed by atoms with E-state index in [4.69, 9.17) is 0 Å². The Bertz CT molecular complexity index is 1100. The molecule has 0 atom stereocenters. The fourth-order valence-corrected chi connectivity index (χ4v) is 4.79. The lowest BCUT2D eigenvalue weighted by atomic mass is 10.2. The van der Waals surface area contributed by atoms with E-state index in [-0.39, 0.29) is 17.2 Å². The zero-order valence-electron chi connectivity index (χ0n) is 14.1. The molecule has 4 aromatic rings. The summed E-state index contributed by atoms with van der Waals surface area (Å²) in [6, 6.07) is 21.1. The smallest absolute Gasteiger partial charge is 0.348 e. The Kier molecular flexibility index (Phi) is 4.75. The van der Waals surface area contributed by atoms with E-state index in [2.05, 4.69) is 5.32 Å². The number of carbonyl (C=O) groups is 2. The molecule has 0 bridgehead atoms. The number of benzene rings is 2. The number of hydrogen-bond donors (Lipinski definition) is 2. The van der Waals surface area contributed by atoms with Crippen molar-refractivity contribution in [3.8, 4) is 10.4 Å². The number of rotatable bonds is 6. The van der Waals surface area contributed by atoms with Crippen molar-refractivity contribution in [2.45, 2.75) is 0 Å². The number of carboxylic acids is 1. The van der Waals surface area contributed by atoms with Gasteiger partial charge in [-0.1, -0.05) is 48.5 Å². The summed E-state index contributed by atoms with van der Waals surface area (Å²) in [5.74, 6) is -1.06. The summed E-state index contributed by atoms with van der Waals surface area (Å²) in [6.45, 7) is 0.0536. The second kappa shape index (κ2) is 7.34. The minimum Gasteiger partial charge on any atom is -0.477 e. The van der Waals surface area contributed by atoms with Crippen molar-refractivity contribution < 1.29 is 14.7 Å². The average Bonchev–Trinajstić information content (AvgIpc) is 3.31. The standard InChI is InChI=1S/C21H15NO3S2/c23-16(19-10-14-8-4-5-9-17(14)26-19)12-22-15-11-18(27-20(15)21(24)25)13-6-2-1-3-7-13/h1-11,22H,12H2,(H,24,25). The number of ketones is 1. The van der Waals surface area contributed by atoms with E-state index in [1.165, 1.54) is 22.7 Å². The van der Waals surface area contributed by atoms with Crippen molar-refractivity contribution in [2.24, 2.45) is 0 Å². The van der Waals surface area contributed by atoms with Crippen molar-refractivity contribution in [3.63, 3.8) is 0 Å². The van der Waals surface area contributed by atoms with Gasteiger partial charge in [0.2, 0.25) is 0 Å². The number of hydrogen-bond acceptors (Lipinski definition) is 5. The van der Waals surface area contributed by atoms with Crippen LogP contribution in [0.25, 0.3) is 20.5 Å². The molecule has 0 spiro atoms. The van der Waals surface area contributed by atoms with E-state index in [0.29, 0.717) is 10.6 Å². The maximum Gasteiger partial charge on any atom is 0.348 e. The van der Waals surface area contributed by atoms with Crippen molar-refractivity contribution >= 4 is 50.2 Å². The van der Waals surface area contributed by atoms with Gasteiger partial charge in [0.05, 0.1) is 17.1 Å². The average molecular weight is 393 g/mol. The van der Waals surface area contributed by atoms with E-state index in [1.54, 1.807) is 6.07 Å². The highest BCUT2D eigenvalue weighted by Gasteiger charge is 2.18. The summed E-state index contributed by atoms with van der Waals surface area (Å²) in [6.07, 6.45) is 0. The molecular formula is C21H15NO3S2. The number of nitrogens with one attached hydrogen (secondary N) is 1. The first-order valence-corrected chi connectivity index (χ1v) is 9.93. The van der Waals surface area contributed by atoms with Crippen LogP contribution >= 0.6 is 22.7 Å². The third-order valence-electron chi connectivity index (χ3n) is 4.12. The molecule has 6 heteroatoms. The van der Waals surface area contributed by atoms with E-state index in [9.17, 15) is 14.7 Å². The number of aromatic carboxylic acids is 1. The molecule has 2 aromatic heterocycles. The molecule has 0 saturated carbocycles. The summed E-state index contributed by atoms with van der Waals surface area (Å²) in [7, 11) is 0. The minimum atomic E-state index is -1.00. The van der Waals surface area contributed by atoms with Gasteiger partial charge in [0.1, 0.15) is 4.88 Å². The van der Waals surface area contributed by atoms with Gasteiger partial charge in [-0.05, 0) is 29.1 Å². The van der Waals surface area contributed by atoms with Crippen molar-refractivity contribution in [1.82, 2.24) is 0 Å². The fourth-order valence-electron chi connectivity index (χ4n) is 2.81. The summed E-state index contributed by atoms with van der Waals surface area (Å²) in [5, 5.41) is 13.5. The molecule has 4 nitrogen and oxygen atoms in total.